The van der Waals surface area contributed by atoms with Crippen LogP contribution in [0.2, 0.25) is 0 Å². The van der Waals surface area contributed by atoms with Gasteiger partial charge in [0, 0.05) is 0 Å². The molecule has 0 aromatic rings. The molecule has 1 unspecified atom stereocenters. The third-order valence-electron chi connectivity index (χ3n) is 1.08. The number of rotatable bonds is 5. The van der Waals surface area contributed by atoms with Gasteiger partial charge >= 0.3 is 5.97 Å². The third-order valence-corrected chi connectivity index (χ3v) is 1.08. The van der Waals surface area contributed by atoms with Crippen molar-refractivity contribution in [1.29, 1.82) is 0 Å². The van der Waals surface area contributed by atoms with Gasteiger partial charge in [0.15, 0.2) is 6.04 Å². The molecule has 0 saturated carbocycles. The van der Waals surface area contributed by atoms with Gasteiger partial charge in [-0.15, -0.1) is 4.91 Å². The number of nitroso groups, excluding NO2 is 1. The van der Waals surface area contributed by atoms with E-state index < -0.39 is 12.0 Å². The monoisotopic (exact) mass is 146 g/mol. The predicted octanol–water partition coefficient (Wildman–Crippen LogP) is -0.184. The van der Waals surface area contributed by atoms with Crippen LogP contribution < -0.4 is 5.32 Å². The number of hydrogen-bond acceptors (Lipinski definition) is 4. The highest BCUT2D eigenvalue weighted by Crippen LogP contribution is 1.95. The number of carbonyl (C=O) groups is 1. The van der Waals surface area contributed by atoms with E-state index in [2.05, 4.69) is 10.5 Å². The summed E-state index contributed by atoms with van der Waals surface area (Å²) in [7, 11) is 1.68. The maximum Gasteiger partial charge on any atom is 0.332 e. The fraction of sp³-hybridized carbons (Fsp3) is 0.800. The molecule has 0 aliphatic carbocycles. The Labute approximate surface area is 58.4 Å². The molecule has 0 heterocycles. The first-order chi connectivity index (χ1) is 4.72. The molecule has 0 spiro atoms. The Bertz CT molecular complexity index is 126. The van der Waals surface area contributed by atoms with Crippen LogP contribution in [0.5, 0.6) is 0 Å². The molecule has 5 heteroatoms. The van der Waals surface area contributed by atoms with Crippen LogP contribution in [0.1, 0.15) is 6.42 Å². The van der Waals surface area contributed by atoms with Gasteiger partial charge in [-0.25, -0.2) is 4.79 Å². The van der Waals surface area contributed by atoms with Crippen molar-refractivity contribution in [1.82, 2.24) is 5.32 Å². The lowest BCUT2D eigenvalue weighted by atomic mass is 10.2. The zero-order chi connectivity index (χ0) is 7.98. The molecule has 5 nitrogen and oxygen atoms in total. The van der Waals surface area contributed by atoms with Gasteiger partial charge in [0.2, 0.25) is 0 Å². The number of hydrogen-bond donors (Lipinski definition) is 2. The van der Waals surface area contributed by atoms with E-state index in [0.717, 1.165) is 0 Å². The van der Waals surface area contributed by atoms with Crippen molar-refractivity contribution in [3.63, 3.8) is 0 Å². The Morgan fingerprint density at radius 3 is 2.70 bits per heavy atom. The Morgan fingerprint density at radius 1 is 1.80 bits per heavy atom. The minimum Gasteiger partial charge on any atom is -0.480 e. The van der Waals surface area contributed by atoms with Crippen LogP contribution in [0.15, 0.2) is 5.18 Å². The van der Waals surface area contributed by atoms with Gasteiger partial charge in [-0.05, 0) is 20.0 Å². The molecular weight excluding hydrogens is 136 g/mol. The maximum absolute atomic E-state index is 10.1. The molecule has 1 atom stereocenters. The molecule has 0 aromatic heterocycles. The second-order valence-corrected chi connectivity index (χ2v) is 1.85. The van der Waals surface area contributed by atoms with Crippen LogP contribution in [0.3, 0.4) is 0 Å². The fourth-order valence-corrected chi connectivity index (χ4v) is 0.502. The quantitative estimate of drug-likeness (QED) is 0.527. The van der Waals surface area contributed by atoms with E-state index in [1.165, 1.54) is 0 Å². The van der Waals surface area contributed by atoms with Crippen molar-refractivity contribution in [2.75, 3.05) is 13.6 Å². The molecule has 2 N–H and O–H groups in total. The predicted molar refractivity (Wildman–Crippen MR) is 35.8 cm³/mol. The van der Waals surface area contributed by atoms with E-state index in [9.17, 15) is 9.70 Å². The highest BCUT2D eigenvalue weighted by molar-refractivity contribution is 5.73. The number of carboxylic acid groups (broad SMARTS) is 1. The number of carboxylic acids is 1. The Balaban J connectivity index is 3.60. The molecule has 0 radical (unpaired) electrons. The van der Waals surface area contributed by atoms with Crippen molar-refractivity contribution < 1.29 is 9.90 Å². The van der Waals surface area contributed by atoms with Gasteiger partial charge in [-0.1, -0.05) is 5.18 Å². The molecule has 0 aliphatic rings. The smallest absolute Gasteiger partial charge is 0.332 e. The molecule has 0 bridgehead atoms. The minimum absolute atomic E-state index is 0.245. The second-order valence-electron chi connectivity index (χ2n) is 1.85. The summed E-state index contributed by atoms with van der Waals surface area (Å²) in [5, 5.41) is 13.4. The summed E-state index contributed by atoms with van der Waals surface area (Å²) in [6, 6.07) is -1.10. The number of aliphatic carboxylic acids is 1. The van der Waals surface area contributed by atoms with Gasteiger partial charge in [0.1, 0.15) is 0 Å². The minimum atomic E-state index is -1.16. The van der Waals surface area contributed by atoms with Crippen molar-refractivity contribution >= 4 is 5.97 Å². The van der Waals surface area contributed by atoms with E-state index in [4.69, 9.17) is 5.11 Å². The van der Waals surface area contributed by atoms with E-state index in [0.29, 0.717) is 6.54 Å². The fourth-order valence-electron chi connectivity index (χ4n) is 0.502. The third kappa shape index (κ3) is 3.13. The zero-order valence-electron chi connectivity index (χ0n) is 5.70. The molecule has 0 fully saturated rings. The average molecular weight is 146 g/mol. The molecule has 0 amide bonds. The first-order valence-electron chi connectivity index (χ1n) is 2.92. The highest BCUT2D eigenvalue weighted by atomic mass is 16.4. The van der Waals surface area contributed by atoms with Crippen LogP contribution in [0, 0.1) is 4.91 Å². The first-order valence-corrected chi connectivity index (χ1v) is 2.92. The summed E-state index contributed by atoms with van der Waals surface area (Å²) in [4.78, 5) is 19.9. The maximum atomic E-state index is 10.1. The molecule has 58 valence electrons. The summed E-state index contributed by atoms with van der Waals surface area (Å²) >= 11 is 0. The lowest BCUT2D eigenvalue weighted by molar-refractivity contribution is -0.138. The van der Waals surface area contributed by atoms with Gasteiger partial charge in [-0.3, -0.25) is 0 Å². The van der Waals surface area contributed by atoms with E-state index in [-0.39, 0.29) is 6.42 Å². The van der Waals surface area contributed by atoms with E-state index >= 15 is 0 Å². The zero-order valence-corrected chi connectivity index (χ0v) is 5.70. The Hall–Kier alpha value is -0.970. The largest absolute Gasteiger partial charge is 0.480 e. The van der Waals surface area contributed by atoms with Crippen molar-refractivity contribution in [3.8, 4) is 0 Å². The molecule has 0 aliphatic heterocycles. The van der Waals surface area contributed by atoms with Gasteiger partial charge in [-0.2, -0.15) is 0 Å². The summed E-state index contributed by atoms with van der Waals surface area (Å²) < 4.78 is 0. The highest BCUT2D eigenvalue weighted by Gasteiger charge is 2.15. The summed E-state index contributed by atoms with van der Waals surface area (Å²) in [5.74, 6) is -1.16. The number of nitrogens with one attached hydrogen (secondary N) is 1. The van der Waals surface area contributed by atoms with Crippen molar-refractivity contribution in [2.45, 2.75) is 12.5 Å². The van der Waals surface area contributed by atoms with Crippen LogP contribution in [-0.4, -0.2) is 30.7 Å². The van der Waals surface area contributed by atoms with Crippen molar-refractivity contribution in [2.24, 2.45) is 5.18 Å². The van der Waals surface area contributed by atoms with Gasteiger partial charge in [0.05, 0.1) is 0 Å². The molecule has 0 aromatic carbocycles. The first kappa shape index (κ1) is 9.03. The van der Waals surface area contributed by atoms with Crippen LogP contribution >= 0.6 is 0 Å². The van der Waals surface area contributed by atoms with E-state index in [1.54, 1.807) is 7.05 Å². The number of nitrogens with zero attached hydrogens (tertiary/aromatic N) is 1. The summed E-state index contributed by atoms with van der Waals surface area (Å²) in [5.41, 5.74) is 0. The van der Waals surface area contributed by atoms with Crippen LogP contribution in [-0.2, 0) is 4.79 Å². The summed E-state index contributed by atoms with van der Waals surface area (Å²) in [6.07, 6.45) is 0.245. The van der Waals surface area contributed by atoms with Gasteiger partial charge in [0.25, 0.3) is 0 Å². The Kier molecular flexibility index (Phi) is 4.39. The Morgan fingerprint density at radius 2 is 2.40 bits per heavy atom. The topological polar surface area (TPSA) is 78.8 Å². The summed E-state index contributed by atoms with van der Waals surface area (Å²) in [6.45, 7) is 0.489. The second kappa shape index (κ2) is 4.87. The molecule has 0 saturated heterocycles. The van der Waals surface area contributed by atoms with Gasteiger partial charge < -0.3 is 10.4 Å². The normalized spacial score (nSPS) is 12.5. The van der Waals surface area contributed by atoms with Crippen LogP contribution in [0.4, 0.5) is 0 Å². The van der Waals surface area contributed by atoms with Crippen molar-refractivity contribution in [3.05, 3.63) is 4.91 Å². The molecular formula is C5H10N2O3. The van der Waals surface area contributed by atoms with Crippen LogP contribution in [0.25, 0.3) is 0 Å². The average Bonchev–Trinajstić information content (AvgIpc) is 1.89. The lowest BCUT2D eigenvalue weighted by Crippen LogP contribution is -2.22. The SMILES string of the molecule is CNCCC(N=O)C(=O)O. The van der Waals surface area contributed by atoms with E-state index in [1.807, 2.05) is 0 Å². The molecule has 10 heavy (non-hydrogen) atoms. The lowest BCUT2D eigenvalue weighted by Gasteiger charge is -2.00. The standard InChI is InChI=1S/C5H10N2O3/c1-6-3-2-4(7-10)5(8)9/h4,6H,2-3H2,1H3,(H,8,9). The molecule has 0 rings (SSSR count).